The van der Waals surface area contributed by atoms with E-state index >= 15 is 0 Å². The van der Waals surface area contributed by atoms with Gasteiger partial charge in [-0.3, -0.25) is 0 Å². The van der Waals surface area contributed by atoms with Gasteiger partial charge in [0.15, 0.2) is 0 Å². The summed E-state index contributed by atoms with van der Waals surface area (Å²) in [5, 5.41) is 1.21. The van der Waals surface area contributed by atoms with E-state index in [1.54, 1.807) is 0 Å². The molecule has 0 atom stereocenters. The van der Waals surface area contributed by atoms with Crippen molar-refractivity contribution >= 4 is 11.0 Å². The lowest BCUT2D eigenvalue weighted by Crippen LogP contribution is -2.05. The highest BCUT2D eigenvalue weighted by Crippen LogP contribution is 2.24. The van der Waals surface area contributed by atoms with Crippen molar-refractivity contribution in [1.82, 2.24) is 14.5 Å². The number of hydrogen-bond donors (Lipinski definition) is 1. The van der Waals surface area contributed by atoms with Crippen LogP contribution in [0.5, 0.6) is 0 Å². The molecule has 0 amide bonds. The molecule has 0 fully saturated rings. The van der Waals surface area contributed by atoms with Gasteiger partial charge < -0.3 is 10.3 Å². The highest BCUT2D eigenvalue weighted by molar-refractivity contribution is 5.83. The van der Waals surface area contributed by atoms with Gasteiger partial charge in [0.1, 0.15) is 11.5 Å². The van der Waals surface area contributed by atoms with Gasteiger partial charge in [-0.2, -0.15) is 0 Å². The van der Waals surface area contributed by atoms with Crippen LogP contribution in [0.2, 0.25) is 0 Å². The molecule has 0 spiro atoms. The van der Waals surface area contributed by atoms with Crippen LogP contribution in [0.25, 0.3) is 11.0 Å². The number of hydrogen-bond acceptors (Lipinski definition) is 3. The Balaban J connectivity index is 2.66. The maximum Gasteiger partial charge on any atom is 0.143 e. The Labute approximate surface area is 108 Å². The molecule has 0 unspecified atom stereocenters. The summed E-state index contributed by atoms with van der Waals surface area (Å²) in [5.74, 6) is 1.44. The minimum absolute atomic E-state index is 0.591. The van der Waals surface area contributed by atoms with Gasteiger partial charge in [0, 0.05) is 18.6 Å². The average molecular weight is 246 g/mol. The summed E-state index contributed by atoms with van der Waals surface area (Å²) in [4.78, 5) is 9.19. The number of rotatable bonds is 4. The van der Waals surface area contributed by atoms with Crippen LogP contribution in [-0.2, 0) is 19.9 Å². The lowest BCUT2D eigenvalue weighted by molar-refractivity contribution is 0.636. The van der Waals surface area contributed by atoms with Gasteiger partial charge in [0.2, 0.25) is 0 Å². The van der Waals surface area contributed by atoms with Crippen molar-refractivity contribution in [1.29, 1.82) is 0 Å². The quantitative estimate of drug-likeness (QED) is 0.897. The Morgan fingerprint density at radius 1 is 1.33 bits per heavy atom. The topological polar surface area (TPSA) is 56.7 Å². The summed E-state index contributed by atoms with van der Waals surface area (Å²) in [5.41, 5.74) is 9.15. The molecule has 4 heteroatoms. The Hall–Kier alpha value is -1.42. The van der Waals surface area contributed by atoms with Crippen LogP contribution >= 0.6 is 0 Å². The predicted octanol–water partition coefficient (Wildman–Crippen LogP) is 1.98. The molecule has 0 aliphatic heterocycles. The summed E-state index contributed by atoms with van der Waals surface area (Å²) >= 11 is 0. The third-order valence-corrected chi connectivity index (χ3v) is 3.10. The van der Waals surface area contributed by atoms with Gasteiger partial charge in [-0.15, -0.1) is 0 Å². The molecule has 2 aromatic heterocycles. The molecule has 18 heavy (non-hydrogen) atoms. The van der Waals surface area contributed by atoms with E-state index in [9.17, 15) is 0 Å². The zero-order chi connectivity index (χ0) is 13.3. The van der Waals surface area contributed by atoms with Crippen molar-refractivity contribution < 1.29 is 0 Å². The lowest BCUT2D eigenvalue weighted by Gasteiger charge is -2.08. The SMILES string of the molecule is Cc1nc(CC(C)C)c2c(CCN)cn(C)c2n1. The van der Waals surface area contributed by atoms with E-state index in [0.717, 1.165) is 30.0 Å². The van der Waals surface area contributed by atoms with E-state index in [-0.39, 0.29) is 0 Å². The van der Waals surface area contributed by atoms with E-state index < -0.39 is 0 Å². The maximum atomic E-state index is 5.69. The highest BCUT2D eigenvalue weighted by Gasteiger charge is 2.14. The molecule has 0 aliphatic rings. The standard InChI is InChI=1S/C14H22N4/c1-9(2)7-12-13-11(5-6-15)8-18(4)14(13)17-10(3)16-12/h8-9H,5-7,15H2,1-4H3. The van der Waals surface area contributed by atoms with E-state index in [4.69, 9.17) is 5.73 Å². The summed E-state index contributed by atoms with van der Waals surface area (Å²) in [6.45, 7) is 7.05. The molecular weight excluding hydrogens is 224 g/mol. The van der Waals surface area contributed by atoms with Crippen molar-refractivity contribution in [3.8, 4) is 0 Å². The molecule has 2 N–H and O–H groups in total. The van der Waals surface area contributed by atoms with Crippen molar-refractivity contribution in [2.75, 3.05) is 6.54 Å². The third-order valence-electron chi connectivity index (χ3n) is 3.10. The van der Waals surface area contributed by atoms with Gasteiger partial charge in [-0.05, 0) is 37.8 Å². The van der Waals surface area contributed by atoms with E-state index in [1.807, 2.05) is 14.0 Å². The summed E-state index contributed by atoms with van der Waals surface area (Å²) < 4.78 is 2.08. The number of fused-ring (bicyclic) bond motifs is 1. The molecule has 0 aliphatic carbocycles. The number of nitrogens with zero attached hydrogens (tertiary/aromatic N) is 3. The highest BCUT2D eigenvalue weighted by atomic mass is 15.0. The molecule has 0 radical (unpaired) electrons. The fourth-order valence-corrected chi connectivity index (χ4v) is 2.44. The first-order chi connectivity index (χ1) is 8.52. The molecule has 2 rings (SSSR count). The van der Waals surface area contributed by atoms with Crippen LogP contribution in [-0.4, -0.2) is 21.1 Å². The normalized spacial score (nSPS) is 11.7. The van der Waals surface area contributed by atoms with Crippen LogP contribution in [0.1, 0.15) is 30.9 Å². The van der Waals surface area contributed by atoms with Crippen LogP contribution in [0.3, 0.4) is 0 Å². The molecule has 0 saturated heterocycles. The van der Waals surface area contributed by atoms with Crippen LogP contribution < -0.4 is 5.73 Å². The van der Waals surface area contributed by atoms with E-state index in [1.165, 1.54) is 10.9 Å². The lowest BCUT2D eigenvalue weighted by atomic mass is 10.0. The monoisotopic (exact) mass is 246 g/mol. The van der Waals surface area contributed by atoms with Gasteiger partial charge in [0.25, 0.3) is 0 Å². The Morgan fingerprint density at radius 3 is 2.67 bits per heavy atom. The van der Waals surface area contributed by atoms with Gasteiger partial charge in [-0.1, -0.05) is 13.8 Å². The Morgan fingerprint density at radius 2 is 2.06 bits per heavy atom. The molecule has 98 valence electrons. The van der Waals surface area contributed by atoms with E-state index in [0.29, 0.717) is 12.5 Å². The minimum Gasteiger partial charge on any atom is -0.335 e. The third kappa shape index (κ3) is 2.38. The van der Waals surface area contributed by atoms with E-state index in [2.05, 4.69) is 34.6 Å². The molecular formula is C14H22N4. The fraction of sp³-hybridized carbons (Fsp3) is 0.571. The Bertz CT molecular complexity index is 554. The van der Waals surface area contributed by atoms with Crippen LogP contribution in [0, 0.1) is 12.8 Å². The smallest absolute Gasteiger partial charge is 0.143 e. The predicted molar refractivity (Wildman–Crippen MR) is 74.5 cm³/mol. The van der Waals surface area contributed by atoms with Crippen molar-refractivity contribution in [3.05, 3.63) is 23.3 Å². The zero-order valence-corrected chi connectivity index (χ0v) is 11.7. The molecule has 2 aromatic rings. The van der Waals surface area contributed by atoms with Gasteiger partial charge >= 0.3 is 0 Å². The molecule has 0 saturated carbocycles. The minimum atomic E-state index is 0.591. The fourth-order valence-electron chi connectivity index (χ4n) is 2.44. The number of aryl methyl sites for hydroxylation is 2. The largest absolute Gasteiger partial charge is 0.335 e. The van der Waals surface area contributed by atoms with Crippen LogP contribution in [0.4, 0.5) is 0 Å². The van der Waals surface area contributed by atoms with Crippen molar-refractivity contribution in [2.45, 2.75) is 33.6 Å². The first-order valence-corrected chi connectivity index (χ1v) is 6.54. The molecule has 0 aromatic carbocycles. The van der Waals surface area contributed by atoms with Gasteiger partial charge in [-0.25, -0.2) is 9.97 Å². The second kappa shape index (κ2) is 5.06. The first kappa shape index (κ1) is 13.0. The summed E-state index contributed by atoms with van der Waals surface area (Å²) in [6, 6.07) is 0. The maximum absolute atomic E-state index is 5.69. The summed E-state index contributed by atoms with van der Waals surface area (Å²) in [6.07, 6.45) is 4.01. The summed E-state index contributed by atoms with van der Waals surface area (Å²) in [7, 11) is 2.04. The zero-order valence-electron chi connectivity index (χ0n) is 11.7. The second-order valence-electron chi connectivity index (χ2n) is 5.32. The second-order valence-corrected chi connectivity index (χ2v) is 5.32. The number of aromatic nitrogens is 3. The van der Waals surface area contributed by atoms with Crippen molar-refractivity contribution in [2.24, 2.45) is 18.7 Å². The van der Waals surface area contributed by atoms with Crippen molar-refractivity contribution in [3.63, 3.8) is 0 Å². The number of nitrogens with two attached hydrogens (primary N) is 1. The van der Waals surface area contributed by atoms with Gasteiger partial charge in [0.05, 0.1) is 5.69 Å². The Kier molecular flexibility index (Phi) is 3.66. The molecule has 4 nitrogen and oxygen atoms in total. The first-order valence-electron chi connectivity index (χ1n) is 6.54. The molecule has 0 bridgehead atoms. The van der Waals surface area contributed by atoms with Crippen LogP contribution in [0.15, 0.2) is 6.20 Å². The molecule has 2 heterocycles. The average Bonchev–Trinajstić information content (AvgIpc) is 2.55.